The molecule has 0 bridgehead atoms. The molecule has 0 saturated heterocycles. The molecule has 0 aliphatic rings. The quantitative estimate of drug-likeness (QED) is 0.638. The Labute approximate surface area is 161 Å². The lowest BCUT2D eigenvalue weighted by molar-refractivity contribution is 0.0488. The first-order valence-electron chi connectivity index (χ1n) is 9.15. The normalized spacial score (nSPS) is 10.6. The van der Waals surface area contributed by atoms with Crippen molar-refractivity contribution >= 4 is 5.78 Å². The molecule has 27 heavy (non-hydrogen) atoms. The van der Waals surface area contributed by atoms with Gasteiger partial charge in [0.25, 0.3) is 0 Å². The number of rotatable bonds is 6. The highest BCUT2D eigenvalue weighted by Gasteiger charge is 2.39. The maximum Gasteiger partial charge on any atom is 0.203 e. The van der Waals surface area contributed by atoms with Gasteiger partial charge in [-0.05, 0) is 25.0 Å². The van der Waals surface area contributed by atoms with E-state index >= 15 is 0 Å². The second-order valence-corrected chi connectivity index (χ2v) is 5.92. The van der Waals surface area contributed by atoms with E-state index in [4.69, 9.17) is 4.74 Å². The van der Waals surface area contributed by atoms with Crippen LogP contribution in [0, 0.1) is 0 Å². The largest absolute Gasteiger partial charge is 0.382 e. The third kappa shape index (κ3) is 5.13. The van der Waals surface area contributed by atoms with Gasteiger partial charge in [0.05, 0.1) is 0 Å². The van der Waals surface area contributed by atoms with Gasteiger partial charge in [-0.1, -0.05) is 91.0 Å². The minimum absolute atomic E-state index is 0.328. The highest BCUT2D eigenvalue weighted by Crippen LogP contribution is 2.33. The summed E-state index contributed by atoms with van der Waals surface area (Å²) in [5, 5.41) is 11.3. The molecule has 0 radical (unpaired) electrons. The van der Waals surface area contributed by atoms with Crippen molar-refractivity contribution in [3.05, 3.63) is 108 Å². The minimum Gasteiger partial charge on any atom is -0.382 e. The average Bonchev–Trinajstić information content (AvgIpc) is 2.75. The third-order valence-electron chi connectivity index (χ3n) is 4.16. The van der Waals surface area contributed by atoms with E-state index in [0.717, 1.165) is 13.2 Å². The Hall–Kier alpha value is -2.75. The van der Waals surface area contributed by atoms with Gasteiger partial charge in [-0.2, -0.15) is 0 Å². The van der Waals surface area contributed by atoms with E-state index < -0.39 is 5.60 Å². The van der Waals surface area contributed by atoms with Crippen molar-refractivity contribution in [3.8, 4) is 0 Å². The number of ketones is 1. The zero-order valence-electron chi connectivity index (χ0n) is 15.8. The second kappa shape index (κ2) is 10.4. The lowest BCUT2D eigenvalue weighted by Crippen LogP contribution is -2.37. The highest BCUT2D eigenvalue weighted by molar-refractivity contribution is 6.05. The Kier molecular flexibility index (Phi) is 7.93. The number of carbonyl (C=O) groups is 1. The van der Waals surface area contributed by atoms with Gasteiger partial charge < -0.3 is 9.84 Å². The van der Waals surface area contributed by atoms with Gasteiger partial charge in [-0.25, -0.2) is 0 Å². The Morgan fingerprint density at radius 1 is 0.741 bits per heavy atom. The number of carbonyl (C=O) groups excluding carboxylic acids is 1. The number of hydrogen-bond acceptors (Lipinski definition) is 3. The molecule has 1 N–H and O–H groups in total. The van der Waals surface area contributed by atoms with Gasteiger partial charge in [0.1, 0.15) is 0 Å². The minimum atomic E-state index is -1.69. The highest BCUT2D eigenvalue weighted by atomic mass is 16.5. The van der Waals surface area contributed by atoms with Crippen LogP contribution in [0.25, 0.3) is 0 Å². The third-order valence-corrected chi connectivity index (χ3v) is 4.16. The standard InChI is InChI=1S/C20H16O2.C4H10O/c21-19(16-10-4-1-5-11-16)20(22,17-12-6-2-7-13-17)18-14-8-3-9-15-18;1-3-5-4-2/h1-15,22H;3-4H2,1-2H3. The first kappa shape index (κ1) is 20.6. The first-order valence-corrected chi connectivity index (χ1v) is 9.15. The zero-order valence-corrected chi connectivity index (χ0v) is 15.8. The first-order chi connectivity index (χ1) is 13.1. The van der Waals surface area contributed by atoms with Gasteiger partial charge in [-0.3, -0.25) is 4.79 Å². The van der Waals surface area contributed by atoms with Crippen molar-refractivity contribution in [2.75, 3.05) is 13.2 Å². The molecule has 3 nitrogen and oxygen atoms in total. The zero-order chi connectivity index (χ0) is 19.5. The molecular formula is C24H26O3. The van der Waals surface area contributed by atoms with Crippen LogP contribution in [-0.2, 0) is 10.3 Å². The number of ether oxygens (including phenoxy) is 1. The van der Waals surface area contributed by atoms with E-state index in [1.807, 2.05) is 56.3 Å². The summed E-state index contributed by atoms with van der Waals surface area (Å²) in [7, 11) is 0. The summed E-state index contributed by atoms with van der Waals surface area (Å²) < 4.78 is 4.83. The molecule has 0 amide bonds. The summed E-state index contributed by atoms with van der Waals surface area (Å²) in [6.07, 6.45) is 0. The molecule has 0 saturated carbocycles. The van der Waals surface area contributed by atoms with Crippen LogP contribution in [0.5, 0.6) is 0 Å². The summed E-state index contributed by atoms with van der Waals surface area (Å²) in [5.74, 6) is -0.328. The maximum absolute atomic E-state index is 13.0. The number of hydrogen-bond donors (Lipinski definition) is 1. The van der Waals surface area contributed by atoms with E-state index in [9.17, 15) is 9.90 Å². The maximum atomic E-state index is 13.0. The Balaban J connectivity index is 0.000000465. The van der Waals surface area contributed by atoms with Crippen LogP contribution in [0.3, 0.4) is 0 Å². The van der Waals surface area contributed by atoms with Crippen molar-refractivity contribution in [3.63, 3.8) is 0 Å². The summed E-state index contributed by atoms with van der Waals surface area (Å²) in [6.45, 7) is 5.67. The molecule has 3 aromatic carbocycles. The van der Waals surface area contributed by atoms with E-state index in [0.29, 0.717) is 16.7 Å². The monoisotopic (exact) mass is 362 g/mol. The van der Waals surface area contributed by atoms with Gasteiger partial charge in [0, 0.05) is 18.8 Å². The fourth-order valence-electron chi connectivity index (χ4n) is 2.79. The number of Topliss-reactive ketones (excluding diaryl/α,β-unsaturated/α-hetero) is 1. The summed E-state index contributed by atoms with van der Waals surface area (Å²) in [5.41, 5.74) is -0.0769. The molecule has 0 aliphatic heterocycles. The van der Waals surface area contributed by atoms with Crippen LogP contribution in [0.4, 0.5) is 0 Å². The van der Waals surface area contributed by atoms with Crippen molar-refractivity contribution in [2.45, 2.75) is 19.4 Å². The summed E-state index contributed by atoms with van der Waals surface area (Å²) in [6, 6.07) is 27.0. The summed E-state index contributed by atoms with van der Waals surface area (Å²) in [4.78, 5) is 13.0. The molecule has 0 fully saturated rings. The lowest BCUT2D eigenvalue weighted by atomic mass is 9.80. The molecule has 0 unspecified atom stereocenters. The fraction of sp³-hybridized carbons (Fsp3) is 0.208. The van der Waals surface area contributed by atoms with Crippen molar-refractivity contribution in [1.29, 1.82) is 0 Å². The predicted molar refractivity (Wildman–Crippen MR) is 109 cm³/mol. The molecule has 3 rings (SSSR count). The van der Waals surface area contributed by atoms with Gasteiger partial charge in [0.15, 0.2) is 5.60 Å². The van der Waals surface area contributed by atoms with Gasteiger partial charge in [-0.15, -0.1) is 0 Å². The SMILES string of the molecule is CCOCC.O=C(c1ccccc1)C(O)(c1ccccc1)c1ccccc1. The molecule has 3 heteroatoms. The lowest BCUT2D eigenvalue weighted by Gasteiger charge is -2.28. The van der Waals surface area contributed by atoms with Gasteiger partial charge in [0.2, 0.25) is 5.78 Å². The topological polar surface area (TPSA) is 46.5 Å². The molecule has 0 aromatic heterocycles. The van der Waals surface area contributed by atoms with E-state index in [1.54, 1.807) is 48.5 Å². The average molecular weight is 362 g/mol. The predicted octanol–water partition coefficient (Wildman–Crippen LogP) is 4.85. The fourth-order valence-corrected chi connectivity index (χ4v) is 2.79. The smallest absolute Gasteiger partial charge is 0.203 e. The Morgan fingerprint density at radius 3 is 1.44 bits per heavy atom. The number of benzene rings is 3. The summed E-state index contributed by atoms with van der Waals surface area (Å²) >= 11 is 0. The van der Waals surface area contributed by atoms with E-state index in [1.165, 1.54) is 0 Å². The van der Waals surface area contributed by atoms with Crippen LogP contribution in [0.2, 0.25) is 0 Å². The van der Waals surface area contributed by atoms with Crippen LogP contribution < -0.4 is 0 Å². The van der Waals surface area contributed by atoms with Crippen LogP contribution in [0.1, 0.15) is 35.3 Å². The molecular weight excluding hydrogens is 336 g/mol. The Morgan fingerprint density at radius 2 is 1.11 bits per heavy atom. The molecule has 0 aliphatic carbocycles. The molecule has 3 aromatic rings. The Bertz CT molecular complexity index is 757. The molecule has 0 spiro atoms. The number of aliphatic hydroxyl groups is 1. The van der Waals surface area contributed by atoms with E-state index in [-0.39, 0.29) is 5.78 Å². The van der Waals surface area contributed by atoms with Crippen molar-refractivity contribution in [2.24, 2.45) is 0 Å². The molecule has 0 heterocycles. The van der Waals surface area contributed by atoms with Crippen LogP contribution >= 0.6 is 0 Å². The van der Waals surface area contributed by atoms with Crippen LogP contribution in [0.15, 0.2) is 91.0 Å². The van der Waals surface area contributed by atoms with E-state index in [2.05, 4.69) is 0 Å². The molecule has 0 atom stereocenters. The van der Waals surface area contributed by atoms with Crippen molar-refractivity contribution in [1.82, 2.24) is 0 Å². The van der Waals surface area contributed by atoms with Gasteiger partial charge >= 0.3 is 0 Å². The van der Waals surface area contributed by atoms with Crippen molar-refractivity contribution < 1.29 is 14.6 Å². The van der Waals surface area contributed by atoms with Crippen LogP contribution in [-0.4, -0.2) is 24.1 Å². The second-order valence-electron chi connectivity index (χ2n) is 5.92. The molecule has 140 valence electrons.